The Kier molecular flexibility index (Phi) is 4.80. The Morgan fingerprint density at radius 1 is 1.39 bits per heavy atom. The van der Waals surface area contributed by atoms with Crippen molar-refractivity contribution in [2.24, 2.45) is 0 Å². The van der Waals surface area contributed by atoms with Crippen LogP contribution in [0.2, 0.25) is 0 Å². The Morgan fingerprint density at radius 3 is 3.00 bits per heavy atom. The summed E-state index contributed by atoms with van der Waals surface area (Å²) in [7, 11) is 0. The van der Waals surface area contributed by atoms with Gasteiger partial charge in [-0.3, -0.25) is 9.78 Å². The molecule has 0 aliphatic rings. The molecule has 0 saturated heterocycles. The lowest BCUT2D eigenvalue weighted by molar-refractivity contribution is -0.121. The van der Waals surface area contributed by atoms with Gasteiger partial charge in [0, 0.05) is 23.3 Å². The van der Waals surface area contributed by atoms with Crippen molar-refractivity contribution in [3.8, 4) is 10.6 Å². The lowest BCUT2D eigenvalue weighted by Gasteiger charge is -2.13. The number of hydrogen-bond donors (Lipinski definition) is 2. The van der Waals surface area contributed by atoms with E-state index in [1.54, 1.807) is 24.5 Å². The van der Waals surface area contributed by atoms with Crippen molar-refractivity contribution in [1.82, 2.24) is 15.3 Å². The van der Waals surface area contributed by atoms with Crippen LogP contribution in [0.1, 0.15) is 17.5 Å². The number of carbonyl (C=O) groups is 1. The molecule has 23 heavy (non-hydrogen) atoms. The van der Waals surface area contributed by atoms with Crippen LogP contribution in [0.15, 0.2) is 52.7 Å². The number of aromatic nitrogens is 2. The Morgan fingerprint density at radius 2 is 2.30 bits per heavy atom. The first-order chi connectivity index (χ1) is 11.3. The van der Waals surface area contributed by atoms with Gasteiger partial charge in [0.15, 0.2) is 0 Å². The third kappa shape index (κ3) is 3.82. The van der Waals surface area contributed by atoms with Gasteiger partial charge in [-0.15, -0.1) is 11.3 Å². The van der Waals surface area contributed by atoms with Crippen LogP contribution in [-0.4, -0.2) is 27.6 Å². The van der Waals surface area contributed by atoms with Crippen LogP contribution >= 0.6 is 11.3 Å². The number of nitrogens with one attached hydrogen (secondary N) is 1. The fourth-order valence-corrected chi connectivity index (χ4v) is 2.93. The molecule has 0 bridgehead atoms. The van der Waals surface area contributed by atoms with Gasteiger partial charge in [-0.2, -0.15) is 0 Å². The summed E-state index contributed by atoms with van der Waals surface area (Å²) in [6, 6.07) is 6.65. The van der Waals surface area contributed by atoms with E-state index < -0.39 is 6.04 Å². The second kappa shape index (κ2) is 7.17. The summed E-state index contributed by atoms with van der Waals surface area (Å²) in [4.78, 5) is 20.6. The standard InChI is InChI=1S/C16H15N3O3S/c20-9-13(14-4-2-6-22-14)19-15(21)7-12-10-23-16(18-12)11-3-1-5-17-8-11/h1-6,8,10,13,20H,7,9H2,(H,19,21). The minimum atomic E-state index is -0.547. The smallest absolute Gasteiger partial charge is 0.226 e. The van der Waals surface area contributed by atoms with Crippen LogP contribution in [0.4, 0.5) is 0 Å². The number of aliphatic hydroxyl groups is 1. The van der Waals surface area contributed by atoms with E-state index in [4.69, 9.17) is 4.42 Å². The van der Waals surface area contributed by atoms with Gasteiger partial charge in [0.25, 0.3) is 0 Å². The van der Waals surface area contributed by atoms with E-state index in [9.17, 15) is 9.90 Å². The first-order valence-electron chi connectivity index (χ1n) is 7.04. The van der Waals surface area contributed by atoms with Gasteiger partial charge in [0.05, 0.1) is 25.0 Å². The minimum absolute atomic E-state index is 0.147. The van der Waals surface area contributed by atoms with Gasteiger partial charge >= 0.3 is 0 Å². The van der Waals surface area contributed by atoms with Crippen LogP contribution in [0.3, 0.4) is 0 Å². The molecule has 0 aliphatic carbocycles. The molecule has 1 atom stereocenters. The van der Waals surface area contributed by atoms with Crippen molar-refractivity contribution in [2.45, 2.75) is 12.5 Å². The first-order valence-corrected chi connectivity index (χ1v) is 7.92. The minimum Gasteiger partial charge on any atom is -0.467 e. The van der Waals surface area contributed by atoms with Crippen LogP contribution in [0, 0.1) is 0 Å². The molecule has 0 spiro atoms. The van der Waals surface area contributed by atoms with E-state index in [1.807, 2.05) is 17.5 Å². The highest BCUT2D eigenvalue weighted by molar-refractivity contribution is 7.13. The number of nitrogens with zero attached hydrogens (tertiary/aromatic N) is 2. The van der Waals surface area contributed by atoms with Crippen LogP contribution < -0.4 is 5.32 Å². The number of thiazole rings is 1. The van der Waals surface area contributed by atoms with Crippen LogP contribution in [0.5, 0.6) is 0 Å². The zero-order chi connectivity index (χ0) is 16.1. The van der Waals surface area contributed by atoms with Crippen molar-refractivity contribution in [2.75, 3.05) is 6.61 Å². The third-order valence-corrected chi connectivity index (χ3v) is 4.15. The highest BCUT2D eigenvalue weighted by Crippen LogP contribution is 2.23. The Bertz CT molecular complexity index is 756. The van der Waals surface area contributed by atoms with Crippen molar-refractivity contribution >= 4 is 17.2 Å². The zero-order valence-corrected chi connectivity index (χ0v) is 13.0. The first kappa shape index (κ1) is 15.4. The number of pyridine rings is 1. The Hall–Kier alpha value is -2.51. The van der Waals surface area contributed by atoms with Gasteiger partial charge in [-0.1, -0.05) is 0 Å². The van der Waals surface area contributed by atoms with Gasteiger partial charge in [0.1, 0.15) is 16.8 Å². The average molecular weight is 329 g/mol. The summed E-state index contributed by atoms with van der Waals surface area (Å²) in [6.45, 7) is -0.225. The van der Waals surface area contributed by atoms with Gasteiger partial charge in [-0.25, -0.2) is 4.98 Å². The fourth-order valence-electron chi connectivity index (χ4n) is 2.12. The summed E-state index contributed by atoms with van der Waals surface area (Å²) in [6.07, 6.45) is 5.09. The van der Waals surface area contributed by atoms with Gasteiger partial charge in [0.2, 0.25) is 5.91 Å². The number of rotatable bonds is 6. The number of aliphatic hydroxyl groups excluding tert-OH is 1. The molecule has 0 aromatic carbocycles. The molecule has 7 heteroatoms. The molecule has 0 radical (unpaired) electrons. The molecule has 2 N–H and O–H groups in total. The molecule has 1 unspecified atom stereocenters. The summed E-state index contributed by atoms with van der Waals surface area (Å²) in [5.74, 6) is 0.304. The summed E-state index contributed by atoms with van der Waals surface area (Å²) in [5.41, 5.74) is 1.61. The van der Waals surface area contributed by atoms with E-state index >= 15 is 0 Å². The van der Waals surface area contributed by atoms with Gasteiger partial charge < -0.3 is 14.8 Å². The van der Waals surface area contributed by atoms with E-state index in [-0.39, 0.29) is 18.9 Å². The SMILES string of the molecule is O=C(Cc1csc(-c2cccnc2)n1)NC(CO)c1ccco1. The summed E-state index contributed by atoms with van der Waals surface area (Å²) >= 11 is 1.47. The van der Waals surface area contributed by atoms with Crippen molar-refractivity contribution in [1.29, 1.82) is 0 Å². The average Bonchev–Trinajstić information content (AvgIpc) is 3.25. The second-order valence-electron chi connectivity index (χ2n) is 4.88. The molecule has 6 nitrogen and oxygen atoms in total. The van der Waals surface area contributed by atoms with E-state index in [1.165, 1.54) is 17.6 Å². The lowest BCUT2D eigenvalue weighted by atomic mass is 10.2. The summed E-state index contributed by atoms with van der Waals surface area (Å²) in [5, 5.41) is 14.8. The van der Waals surface area contributed by atoms with Crippen LogP contribution in [0.25, 0.3) is 10.6 Å². The Balaban J connectivity index is 1.63. The molecule has 3 rings (SSSR count). The topological polar surface area (TPSA) is 88.2 Å². The van der Waals surface area contributed by atoms with Crippen molar-refractivity contribution in [3.05, 3.63) is 59.8 Å². The van der Waals surface area contributed by atoms with E-state index in [2.05, 4.69) is 15.3 Å². The maximum absolute atomic E-state index is 12.1. The number of hydrogen-bond acceptors (Lipinski definition) is 6. The maximum Gasteiger partial charge on any atom is 0.226 e. The maximum atomic E-state index is 12.1. The summed E-state index contributed by atoms with van der Waals surface area (Å²) < 4.78 is 5.20. The molecule has 3 heterocycles. The molecule has 1 amide bonds. The highest BCUT2D eigenvalue weighted by Gasteiger charge is 2.17. The number of furan rings is 1. The molecule has 118 valence electrons. The fraction of sp³-hybridized carbons (Fsp3) is 0.188. The number of carbonyl (C=O) groups excluding carboxylic acids is 1. The molecule has 3 aromatic heterocycles. The normalized spacial score (nSPS) is 12.0. The second-order valence-corrected chi connectivity index (χ2v) is 5.74. The predicted octanol–water partition coefficient (Wildman–Crippen LogP) is 2.19. The Labute approximate surface area is 136 Å². The highest BCUT2D eigenvalue weighted by atomic mass is 32.1. The van der Waals surface area contributed by atoms with Crippen molar-refractivity contribution < 1.29 is 14.3 Å². The zero-order valence-electron chi connectivity index (χ0n) is 12.2. The third-order valence-electron chi connectivity index (χ3n) is 3.21. The monoisotopic (exact) mass is 329 g/mol. The van der Waals surface area contributed by atoms with E-state index in [0.717, 1.165) is 10.6 Å². The van der Waals surface area contributed by atoms with E-state index in [0.29, 0.717) is 11.5 Å². The molecular formula is C16H15N3O3S. The quantitative estimate of drug-likeness (QED) is 0.724. The molecular weight excluding hydrogens is 314 g/mol. The van der Waals surface area contributed by atoms with Gasteiger partial charge in [-0.05, 0) is 24.3 Å². The number of amides is 1. The predicted molar refractivity (Wildman–Crippen MR) is 85.7 cm³/mol. The molecule has 0 aliphatic heterocycles. The van der Waals surface area contributed by atoms with Crippen LogP contribution in [-0.2, 0) is 11.2 Å². The lowest BCUT2D eigenvalue weighted by Crippen LogP contribution is -2.31. The molecule has 3 aromatic rings. The molecule has 0 fully saturated rings. The largest absolute Gasteiger partial charge is 0.467 e. The molecule has 0 saturated carbocycles. The van der Waals surface area contributed by atoms with Crippen molar-refractivity contribution in [3.63, 3.8) is 0 Å².